The number of hydrogen-bond donors (Lipinski definition) is 1. The minimum absolute atomic E-state index is 0.0402. The lowest BCUT2D eigenvalue weighted by molar-refractivity contribution is -0.142. The first-order valence-electron chi connectivity index (χ1n) is 9.28. The van der Waals surface area contributed by atoms with Crippen molar-refractivity contribution in [1.29, 1.82) is 0 Å². The van der Waals surface area contributed by atoms with Crippen LogP contribution in [-0.4, -0.2) is 46.4 Å². The maximum atomic E-state index is 12.4. The molecule has 1 N–H and O–H groups in total. The zero-order valence-electron chi connectivity index (χ0n) is 17.3. The van der Waals surface area contributed by atoms with E-state index in [-0.39, 0.29) is 18.4 Å². The van der Waals surface area contributed by atoms with Gasteiger partial charge in [-0.05, 0) is 50.3 Å². The third kappa shape index (κ3) is 5.37. The van der Waals surface area contributed by atoms with E-state index < -0.39 is 29.8 Å². The second kappa shape index (κ2) is 7.41. The molecule has 1 amide bonds. The highest BCUT2D eigenvalue weighted by atomic mass is 16.6. The van der Waals surface area contributed by atoms with E-state index in [1.165, 1.54) is 10.5 Å². The summed E-state index contributed by atoms with van der Waals surface area (Å²) in [7, 11) is 0. The molecule has 0 radical (unpaired) electrons. The zero-order valence-corrected chi connectivity index (χ0v) is 17.3. The fourth-order valence-corrected chi connectivity index (χ4v) is 3.07. The molecule has 2 atom stereocenters. The number of nitrogens with zero attached hydrogens (tertiary/aromatic N) is 1. The molecule has 1 saturated heterocycles. The lowest BCUT2D eigenvalue weighted by atomic mass is 9.86. The van der Waals surface area contributed by atoms with E-state index in [9.17, 15) is 14.7 Å². The third-order valence-electron chi connectivity index (χ3n) is 4.51. The van der Waals surface area contributed by atoms with Crippen LogP contribution in [0, 0.1) is 6.92 Å². The van der Waals surface area contributed by atoms with E-state index >= 15 is 0 Å². The Morgan fingerprint density at radius 1 is 1.15 bits per heavy atom. The van der Waals surface area contributed by atoms with Crippen LogP contribution in [0.5, 0.6) is 5.75 Å². The largest absolute Gasteiger partial charge is 0.488 e. The normalized spacial score (nSPS) is 20.5. The predicted molar refractivity (Wildman–Crippen MR) is 103 cm³/mol. The van der Waals surface area contributed by atoms with E-state index in [1.54, 1.807) is 20.8 Å². The predicted octanol–water partition coefficient (Wildman–Crippen LogP) is 4.13. The summed E-state index contributed by atoms with van der Waals surface area (Å²) in [6.45, 7) is 13.9. The Balaban J connectivity index is 2.14. The van der Waals surface area contributed by atoms with Gasteiger partial charge in [-0.15, -0.1) is 0 Å². The maximum absolute atomic E-state index is 12.4. The highest BCUT2D eigenvalue weighted by molar-refractivity contribution is 5.81. The maximum Gasteiger partial charge on any atom is 0.411 e. The average Bonchev–Trinajstić information content (AvgIpc) is 2.91. The molecule has 0 bridgehead atoms. The number of aliphatic carboxylic acids is 1. The van der Waals surface area contributed by atoms with Gasteiger partial charge in [-0.25, -0.2) is 9.59 Å². The number of benzene rings is 1. The molecule has 0 spiro atoms. The summed E-state index contributed by atoms with van der Waals surface area (Å²) in [6.07, 6.45) is -0.784. The van der Waals surface area contributed by atoms with Crippen LogP contribution in [-0.2, 0) is 14.9 Å². The highest BCUT2D eigenvalue weighted by Crippen LogP contribution is 2.30. The van der Waals surface area contributed by atoms with Gasteiger partial charge >= 0.3 is 12.1 Å². The van der Waals surface area contributed by atoms with E-state index in [4.69, 9.17) is 9.47 Å². The van der Waals surface area contributed by atoms with E-state index in [0.717, 1.165) is 5.56 Å². The number of likely N-dealkylation sites (tertiary alicyclic amines) is 1. The fourth-order valence-electron chi connectivity index (χ4n) is 3.07. The highest BCUT2D eigenvalue weighted by Gasteiger charge is 2.42. The van der Waals surface area contributed by atoms with Crippen LogP contribution in [0.25, 0.3) is 0 Å². The van der Waals surface area contributed by atoms with Crippen molar-refractivity contribution in [3.05, 3.63) is 29.3 Å². The van der Waals surface area contributed by atoms with Gasteiger partial charge < -0.3 is 14.6 Å². The first-order valence-corrected chi connectivity index (χ1v) is 9.28. The standard InChI is InChI=1S/C21H31NO5/c1-13-10-14(20(2,3)4)8-9-17(13)26-15-11-16(18(23)24)22(12-15)19(25)27-21(5,6)7/h8-10,15-16H,11-12H2,1-7H3,(H,23,24)/t15-,16-/m0/s1. The van der Waals surface area contributed by atoms with Crippen LogP contribution in [0.4, 0.5) is 4.79 Å². The molecule has 150 valence electrons. The number of carbonyl (C=O) groups is 2. The smallest absolute Gasteiger partial charge is 0.411 e. The molecule has 1 heterocycles. The molecule has 0 saturated carbocycles. The van der Waals surface area contributed by atoms with E-state index in [0.29, 0.717) is 5.75 Å². The van der Waals surface area contributed by atoms with Gasteiger partial charge in [-0.3, -0.25) is 4.90 Å². The van der Waals surface area contributed by atoms with E-state index in [1.807, 2.05) is 19.1 Å². The Morgan fingerprint density at radius 2 is 1.78 bits per heavy atom. The molecule has 0 aromatic heterocycles. The van der Waals surface area contributed by atoms with Gasteiger partial charge in [-0.2, -0.15) is 0 Å². The van der Waals surface area contributed by atoms with Crippen molar-refractivity contribution < 1.29 is 24.2 Å². The van der Waals surface area contributed by atoms with Gasteiger partial charge in [0.15, 0.2) is 0 Å². The van der Waals surface area contributed by atoms with Gasteiger partial charge in [0.05, 0.1) is 6.54 Å². The summed E-state index contributed by atoms with van der Waals surface area (Å²) in [5.41, 5.74) is 1.55. The molecule has 1 aromatic carbocycles. The lowest BCUT2D eigenvalue weighted by Crippen LogP contribution is -2.43. The van der Waals surface area contributed by atoms with Crippen molar-refractivity contribution in [3.8, 4) is 5.75 Å². The molecule has 2 rings (SSSR count). The minimum atomic E-state index is -1.05. The first-order chi connectivity index (χ1) is 12.3. The second-order valence-electron chi connectivity index (χ2n) is 9.19. The van der Waals surface area contributed by atoms with Crippen molar-refractivity contribution in [2.24, 2.45) is 0 Å². The van der Waals surface area contributed by atoms with Gasteiger partial charge in [0.25, 0.3) is 0 Å². The number of rotatable bonds is 3. The first kappa shape index (κ1) is 21.1. The number of ether oxygens (including phenoxy) is 2. The Bertz CT molecular complexity index is 714. The summed E-state index contributed by atoms with van der Waals surface area (Å²) in [6, 6.07) is 5.09. The monoisotopic (exact) mass is 377 g/mol. The molecular formula is C21H31NO5. The van der Waals surface area contributed by atoms with Crippen LogP contribution in [0.1, 0.15) is 59.1 Å². The molecule has 27 heavy (non-hydrogen) atoms. The number of carboxylic acid groups (broad SMARTS) is 1. The zero-order chi connectivity index (χ0) is 20.6. The molecule has 1 aliphatic heterocycles. The summed E-state index contributed by atoms with van der Waals surface area (Å²) in [5, 5.41) is 9.49. The van der Waals surface area contributed by atoms with Crippen molar-refractivity contribution in [1.82, 2.24) is 4.90 Å². The molecule has 0 aliphatic carbocycles. The minimum Gasteiger partial charge on any atom is -0.488 e. The van der Waals surface area contributed by atoms with Crippen LogP contribution < -0.4 is 4.74 Å². The Labute approximate surface area is 161 Å². The summed E-state index contributed by atoms with van der Waals surface area (Å²) in [4.78, 5) is 25.2. The van der Waals surface area contributed by atoms with Crippen molar-refractivity contribution in [3.63, 3.8) is 0 Å². The van der Waals surface area contributed by atoms with Crippen molar-refractivity contribution in [2.45, 2.75) is 78.0 Å². The van der Waals surface area contributed by atoms with Crippen molar-refractivity contribution >= 4 is 12.1 Å². The SMILES string of the molecule is Cc1cc(C(C)(C)C)ccc1O[C@H]1C[C@@H](C(=O)O)N(C(=O)OC(C)(C)C)C1. The molecular weight excluding hydrogens is 346 g/mol. The molecule has 1 aromatic rings. The van der Waals surface area contributed by atoms with Crippen LogP contribution in [0.3, 0.4) is 0 Å². The van der Waals surface area contributed by atoms with Crippen LogP contribution >= 0.6 is 0 Å². The van der Waals surface area contributed by atoms with E-state index in [2.05, 4.69) is 26.8 Å². The molecule has 6 heteroatoms. The number of carboxylic acids is 1. The number of aryl methyl sites for hydroxylation is 1. The molecule has 0 unspecified atom stereocenters. The Hall–Kier alpha value is -2.24. The Kier molecular flexibility index (Phi) is 5.78. The van der Waals surface area contributed by atoms with Crippen molar-refractivity contribution in [2.75, 3.05) is 6.54 Å². The second-order valence-corrected chi connectivity index (χ2v) is 9.19. The molecule has 6 nitrogen and oxygen atoms in total. The van der Waals surface area contributed by atoms with Gasteiger partial charge in [0, 0.05) is 6.42 Å². The van der Waals surface area contributed by atoms with Crippen LogP contribution in [0.15, 0.2) is 18.2 Å². The lowest BCUT2D eigenvalue weighted by Gasteiger charge is -2.26. The third-order valence-corrected chi connectivity index (χ3v) is 4.51. The summed E-state index contributed by atoms with van der Waals surface area (Å²) in [5.74, 6) is -0.338. The van der Waals surface area contributed by atoms with Gasteiger partial charge in [0.2, 0.25) is 0 Å². The average molecular weight is 377 g/mol. The molecule has 1 fully saturated rings. The molecule has 1 aliphatic rings. The Morgan fingerprint density at radius 3 is 2.26 bits per heavy atom. The number of amides is 1. The number of hydrogen-bond acceptors (Lipinski definition) is 4. The summed E-state index contributed by atoms with van der Waals surface area (Å²) >= 11 is 0. The van der Waals surface area contributed by atoms with Gasteiger partial charge in [-0.1, -0.05) is 32.9 Å². The van der Waals surface area contributed by atoms with Gasteiger partial charge in [0.1, 0.15) is 23.5 Å². The fraction of sp³-hybridized carbons (Fsp3) is 0.619. The number of carbonyl (C=O) groups excluding carboxylic acids is 1. The summed E-state index contributed by atoms with van der Waals surface area (Å²) < 4.78 is 11.4. The quantitative estimate of drug-likeness (QED) is 0.857. The van der Waals surface area contributed by atoms with Crippen LogP contribution in [0.2, 0.25) is 0 Å². The topological polar surface area (TPSA) is 76.1 Å².